The molecule has 0 spiro atoms. The van der Waals surface area contributed by atoms with Gasteiger partial charge in [0.25, 0.3) is 0 Å². The zero-order valence-electron chi connectivity index (χ0n) is 16.1. The number of amides is 1. The zero-order valence-corrected chi connectivity index (χ0v) is 16.8. The normalized spacial score (nSPS) is 11.7. The number of aliphatic hydroxyl groups is 1. The van der Waals surface area contributed by atoms with E-state index >= 15 is 0 Å². The van der Waals surface area contributed by atoms with Gasteiger partial charge in [0.1, 0.15) is 18.2 Å². The van der Waals surface area contributed by atoms with E-state index in [0.717, 1.165) is 22.4 Å². The zero-order chi connectivity index (χ0) is 20.5. The smallest absolute Gasteiger partial charge is 0.237 e. The average Bonchev–Trinajstić information content (AvgIpc) is 2.78. The summed E-state index contributed by atoms with van der Waals surface area (Å²) in [6, 6.07) is 26.9. The van der Waals surface area contributed by atoms with Gasteiger partial charge >= 0.3 is 0 Å². The summed E-state index contributed by atoms with van der Waals surface area (Å²) in [6.07, 6.45) is -0.811. The molecule has 4 nitrogen and oxygen atoms in total. The Kier molecular flexibility index (Phi) is 7.68. The Labute approximate surface area is 176 Å². The van der Waals surface area contributed by atoms with Gasteiger partial charge in [0, 0.05) is 6.54 Å². The van der Waals surface area contributed by atoms with Crippen molar-refractivity contribution in [2.24, 2.45) is 0 Å². The minimum atomic E-state index is -0.811. The first-order valence-corrected chi connectivity index (χ1v) is 10.0. The number of rotatable bonds is 9. The van der Waals surface area contributed by atoms with Gasteiger partial charge in [-0.2, -0.15) is 0 Å². The van der Waals surface area contributed by atoms with Gasteiger partial charge < -0.3 is 14.7 Å². The Balaban J connectivity index is 1.60. The molecule has 1 atom stereocenters. The van der Waals surface area contributed by atoms with Crippen LogP contribution in [0.1, 0.15) is 22.8 Å². The van der Waals surface area contributed by atoms with Crippen LogP contribution in [0.25, 0.3) is 0 Å². The van der Waals surface area contributed by atoms with Crippen LogP contribution in [0.15, 0.2) is 84.9 Å². The number of aliphatic hydroxyl groups excluding tert-OH is 1. The number of hydrogen-bond acceptors (Lipinski definition) is 3. The third-order valence-electron chi connectivity index (χ3n) is 4.59. The first-order chi connectivity index (χ1) is 14.2. The van der Waals surface area contributed by atoms with Crippen LogP contribution in [0.4, 0.5) is 0 Å². The van der Waals surface area contributed by atoms with Gasteiger partial charge in [0.15, 0.2) is 0 Å². The maximum Gasteiger partial charge on any atom is 0.237 e. The van der Waals surface area contributed by atoms with Crippen LogP contribution in [-0.2, 0) is 17.9 Å². The number of ether oxygens (including phenoxy) is 1. The van der Waals surface area contributed by atoms with E-state index in [1.165, 1.54) is 0 Å². The van der Waals surface area contributed by atoms with Crippen LogP contribution in [-0.4, -0.2) is 28.3 Å². The number of nitrogens with zero attached hydrogens (tertiary/aromatic N) is 1. The quantitative estimate of drug-likeness (QED) is 0.527. The summed E-state index contributed by atoms with van der Waals surface area (Å²) in [5.74, 6) is 0.395. The molecule has 1 amide bonds. The summed E-state index contributed by atoms with van der Waals surface area (Å²) in [5, 5.41) is 10.6. The van der Waals surface area contributed by atoms with Crippen LogP contribution >= 0.6 is 11.6 Å². The highest BCUT2D eigenvalue weighted by Crippen LogP contribution is 2.21. The predicted octanol–water partition coefficient (Wildman–Crippen LogP) is 4.57. The lowest BCUT2D eigenvalue weighted by atomic mass is 10.1. The lowest BCUT2D eigenvalue weighted by Crippen LogP contribution is -2.35. The molecule has 0 aromatic heterocycles. The van der Waals surface area contributed by atoms with Crippen molar-refractivity contribution in [3.05, 3.63) is 102 Å². The van der Waals surface area contributed by atoms with Crippen molar-refractivity contribution in [1.82, 2.24) is 4.90 Å². The van der Waals surface area contributed by atoms with Crippen molar-refractivity contribution >= 4 is 17.5 Å². The molecule has 0 radical (unpaired) electrons. The van der Waals surface area contributed by atoms with Gasteiger partial charge in [-0.05, 0) is 28.8 Å². The van der Waals surface area contributed by atoms with Crippen molar-refractivity contribution in [2.75, 3.05) is 12.4 Å². The third kappa shape index (κ3) is 6.34. The average molecular weight is 410 g/mol. The molecular weight excluding hydrogens is 386 g/mol. The van der Waals surface area contributed by atoms with E-state index in [0.29, 0.717) is 13.2 Å². The molecule has 3 aromatic carbocycles. The molecule has 0 saturated heterocycles. The van der Waals surface area contributed by atoms with Crippen molar-refractivity contribution in [2.45, 2.75) is 19.3 Å². The fourth-order valence-corrected chi connectivity index (χ4v) is 3.15. The highest BCUT2D eigenvalue weighted by Gasteiger charge is 2.18. The molecule has 0 bridgehead atoms. The summed E-state index contributed by atoms with van der Waals surface area (Å²) >= 11 is 5.76. The summed E-state index contributed by atoms with van der Waals surface area (Å²) in [7, 11) is 0. The van der Waals surface area contributed by atoms with E-state index < -0.39 is 6.10 Å². The Bertz CT molecular complexity index is 885. The summed E-state index contributed by atoms with van der Waals surface area (Å²) in [5.41, 5.74) is 2.80. The lowest BCUT2D eigenvalue weighted by molar-refractivity contribution is -0.130. The van der Waals surface area contributed by atoms with Gasteiger partial charge in [0.05, 0.1) is 12.6 Å². The second kappa shape index (κ2) is 10.6. The predicted molar refractivity (Wildman–Crippen MR) is 115 cm³/mol. The minimum absolute atomic E-state index is 0.119. The van der Waals surface area contributed by atoms with Crippen LogP contribution < -0.4 is 4.74 Å². The molecule has 1 unspecified atom stereocenters. The van der Waals surface area contributed by atoms with E-state index in [9.17, 15) is 9.90 Å². The van der Waals surface area contributed by atoms with Crippen molar-refractivity contribution in [1.29, 1.82) is 0 Å². The van der Waals surface area contributed by atoms with E-state index in [1.54, 1.807) is 4.90 Å². The summed E-state index contributed by atoms with van der Waals surface area (Å²) < 4.78 is 5.78. The third-order valence-corrected chi connectivity index (χ3v) is 4.82. The number of halogens is 1. The molecule has 3 aromatic rings. The van der Waals surface area contributed by atoms with Crippen LogP contribution in [0.2, 0.25) is 0 Å². The van der Waals surface area contributed by atoms with Crippen LogP contribution in [0, 0.1) is 0 Å². The standard InChI is InChI=1S/C24H24ClNO3/c25-15-24(28)26(16-19-7-3-1-4-8-19)17-23(27)21-11-13-22(14-12-21)29-18-20-9-5-2-6-10-20/h1-14,23,27H,15-18H2. The van der Waals surface area contributed by atoms with Gasteiger partial charge in [-0.25, -0.2) is 0 Å². The molecule has 29 heavy (non-hydrogen) atoms. The largest absolute Gasteiger partial charge is 0.489 e. The van der Waals surface area contributed by atoms with Gasteiger partial charge in [0.2, 0.25) is 5.91 Å². The first kappa shape index (κ1) is 20.9. The van der Waals surface area contributed by atoms with Crippen LogP contribution in [0.3, 0.4) is 0 Å². The molecule has 3 rings (SSSR count). The monoisotopic (exact) mass is 409 g/mol. The molecule has 0 aliphatic carbocycles. The maximum absolute atomic E-state index is 12.2. The second-order valence-corrected chi connectivity index (χ2v) is 7.02. The summed E-state index contributed by atoms with van der Waals surface area (Å²) in [4.78, 5) is 13.8. The highest BCUT2D eigenvalue weighted by atomic mass is 35.5. The molecule has 5 heteroatoms. The minimum Gasteiger partial charge on any atom is -0.489 e. The van der Waals surface area contributed by atoms with E-state index in [1.807, 2.05) is 84.9 Å². The fourth-order valence-electron chi connectivity index (χ4n) is 2.98. The topological polar surface area (TPSA) is 49.8 Å². The summed E-state index contributed by atoms with van der Waals surface area (Å²) in [6.45, 7) is 1.06. The lowest BCUT2D eigenvalue weighted by Gasteiger charge is -2.25. The molecule has 0 fully saturated rings. The molecule has 0 saturated carbocycles. The fraction of sp³-hybridized carbons (Fsp3) is 0.208. The first-order valence-electron chi connectivity index (χ1n) is 9.48. The molecule has 0 aliphatic heterocycles. The van der Waals surface area contributed by atoms with Gasteiger partial charge in [-0.3, -0.25) is 4.79 Å². The second-order valence-electron chi connectivity index (χ2n) is 6.75. The molecular formula is C24H24ClNO3. The van der Waals surface area contributed by atoms with Crippen molar-refractivity contribution in [3.8, 4) is 5.75 Å². The van der Waals surface area contributed by atoms with Crippen LogP contribution in [0.5, 0.6) is 5.75 Å². The Morgan fingerprint density at radius 2 is 1.48 bits per heavy atom. The number of carbonyl (C=O) groups is 1. The van der Waals surface area contributed by atoms with E-state index in [-0.39, 0.29) is 18.3 Å². The van der Waals surface area contributed by atoms with Gasteiger partial charge in [-0.1, -0.05) is 72.8 Å². The van der Waals surface area contributed by atoms with Gasteiger partial charge in [-0.15, -0.1) is 11.6 Å². The number of hydrogen-bond donors (Lipinski definition) is 1. The van der Waals surface area contributed by atoms with Crippen molar-refractivity contribution in [3.63, 3.8) is 0 Å². The molecule has 0 aliphatic rings. The molecule has 0 heterocycles. The molecule has 1 N–H and O–H groups in total. The Morgan fingerprint density at radius 1 is 0.897 bits per heavy atom. The SMILES string of the molecule is O=C(CCl)N(Cc1ccccc1)CC(O)c1ccc(OCc2ccccc2)cc1. The Hall–Kier alpha value is -2.82. The Morgan fingerprint density at radius 3 is 2.07 bits per heavy atom. The highest BCUT2D eigenvalue weighted by molar-refractivity contribution is 6.27. The van der Waals surface area contributed by atoms with Crippen molar-refractivity contribution < 1.29 is 14.6 Å². The number of carbonyl (C=O) groups excluding carboxylic acids is 1. The van der Waals surface area contributed by atoms with E-state index in [2.05, 4.69) is 0 Å². The number of alkyl halides is 1. The van der Waals surface area contributed by atoms with E-state index in [4.69, 9.17) is 16.3 Å². The molecule has 150 valence electrons. The maximum atomic E-state index is 12.2. The number of benzene rings is 3.